The number of nitro benzene ring substituents is 1. The Hall–Kier alpha value is -1.54. The summed E-state index contributed by atoms with van der Waals surface area (Å²) in [6, 6.07) is 7.21. The molecule has 0 aliphatic carbocycles. The van der Waals surface area contributed by atoms with E-state index in [1.165, 1.54) is 57.9 Å². The molecule has 4 heterocycles. The molecule has 24 heavy (non-hydrogen) atoms. The maximum absolute atomic E-state index is 10.9. The average molecular weight is 330 g/mol. The minimum Gasteiger partial charge on any atom is -0.300 e. The van der Waals surface area contributed by atoms with Gasteiger partial charge in [-0.1, -0.05) is 0 Å². The lowest BCUT2D eigenvalue weighted by atomic mass is 10.1. The van der Waals surface area contributed by atoms with Crippen molar-refractivity contribution >= 4 is 5.69 Å². The minimum atomic E-state index is -0.315. The second-order valence-electron chi connectivity index (χ2n) is 7.68. The molecule has 4 aliphatic heterocycles. The summed E-state index contributed by atoms with van der Waals surface area (Å²) in [4.78, 5) is 18.6. The van der Waals surface area contributed by atoms with Gasteiger partial charge in [-0.05, 0) is 12.1 Å². The molecule has 0 saturated carbocycles. The Morgan fingerprint density at radius 2 is 1.54 bits per heavy atom. The third-order valence-electron chi connectivity index (χ3n) is 6.61. The van der Waals surface area contributed by atoms with E-state index in [1.54, 1.807) is 12.1 Å². The number of piperazine rings is 2. The van der Waals surface area contributed by atoms with Gasteiger partial charge in [0.15, 0.2) is 6.17 Å². The van der Waals surface area contributed by atoms with E-state index in [4.69, 9.17) is 0 Å². The highest BCUT2D eigenvalue weighted by molar-refractivity contribution is 5.32. The van der Waals surface area contributed by atoms with E-state index in [2.05, 4.69) is 14.7 Å². The van der Waals surface area contributed by atoms with E-state index < -0.39 is 0 Å². The molecule has 0 aromatic heterocycles. The summed E-state index contributed by atoms with van der Waals surface area (Å²) in [6.07, 6.45) is 1.15. The van der Waals surface area contributed by atoms with Gasteiger partial charge in [0.25, 0.3) is 5.69 Å². The Labute approximate surface area is 141 Å². The van der Waals surface area contributed by atoms with Gasteiger partial charge in [-0.2, -0.15) is 0 Å². The van der Waals surface area contributed by atoms with Crippen molar-refractivity contribution in [3.05, 3.63) is 39.9 Å². The molecule has 3 atom stereocenters. The van der Waals surface area contributed by atoms with Crippen LogP contribution in [0, 0.1) is 10.1 Å². The van der Waals surface area contributed by atoms with Gasteiger partial charge in [-0.3, -0.25) is 19.9 Å². The summed E-state index contributed by atoms with van der Waals surface area (Å²) < 4.78 is 1.13. The molecule has 0 spiro atoms. The average Bonchev–Trinajstić information content (AvgIpc) is 3.16. The predicted molar refractivity (Wildman–Crippen MR) is 89.1 cm³/mol. The van der Waals surface area contributed by atoms with Crippen molar-refractivity contribution in [1.29, 1.82) is 0 Å². The van der Waals surface area contributed by atoms with Crippen LogP contribution in [-0.4, -0.2) is 88.8 Å². The van der Waals surface area contributed by atoms with Gasteiger partial charge < -0.3 is 4.48 Å². The first-order valence-corrected chi connectivity index (χ1v) is 8.98. The molecule has 0 bridgehead atoms. The number of quaternary nitrogens is 1. The van der Waals surface area contributed by atoms with Crippen LogP contribution in [0.25, 0.3) is 0 Å². The molecule has 4 saturated heterocycles. The summed E-state index contributed by atoms with van der Waals surface area (Å²) in [7, 11) is 0. The smallest absolute Gasteiger partial charge is 0.269 e. The first-order chi connectivity index (χ1) is 11.7. The molecule has 128 valence electrons. The van der Waals surface area contributed by atoms with Gasteiger partial charge in [-0.25, -0.2) is 4.90 Å². The maximum Gasteiger partial charge on any atom is 0.269 e. The molecular weight excluding hydrogens is 306 g/mol. The van der Waals surface area contributed by atoms with Crippen LogP contribution in [0.5, 0.6) is 0 Å². The van der Waals surface area contributed by atoms with Crippen molar-refractivity contribution in [2.45, 2.75) is 18.9 Å². The number of rotatable bonds is 3. The number of benzene rings is 1. The van der Waals surface area contributed by atoms with Gasteiger partial charge in [0.2, 0.25) is 0 Å². The Morgan fingerprint density at radius 1 is 0.958 bits per heavy atom. The van der Waals surface area contributed by atoms with Gasteiger partial charge in [0.05, 0.1) is 24.6 Å². The normalized spacial score (nSPS) is 36.0. The standard InChI is InChI=1S/C17H24N5O2/c23-21(24)15-3-1-14(2-4-15)13-22-11-9-19-6-5-18-7-8-20(10-12-22)17(22)16(18)19/h1-4,16-17H,5-13H2/q+1. The number of nitrogens with zero attached hydrogens (tertiary/aromatic N) is 5. The van der Waals surface area contributed by atoms with Crippen molar-refractivity contribution in [2.24, 2.45) is 0 Å². The van der Waals surface area contributed by atoms with Gasteiger partial charge >= 0.3 is 0 Å². The minimum absolute atomic E-state index is 0.186. The van der Waals surface area contributed by atoms with Crippen LogP contribution in [0.1, 0.15) is 5.56 Å². The number of non-ortho nitro benzene ring substituents is 1. The van der Waals surface area contributed by atoms with Crippen molar-refractivity contribution in [1.82, 2.24) is 14.7 Å². The zero-order chi connectivity index (χ0) is 16.3. The second kappa shape index (κ2) is 5.23. The van der Waals surface area contributed by atoms with Crippen LogP contribution in [0.15, 0.2) is 24.3 Å². The van der Waals surface area contributed by atoms with E-state index in [-0.39, 0.29) is 10.6 Å². The van der Waals surface area contributed by atoms with E-state index in [0.29, 0.717) is 12.3 Å². The summed E-state index contributed by atoms with van der Waals surface area (Å²) >= 11 is 0. The fraction of sp³-hybridized carbons (Fsp3) is 0.647. The van der Waals surface area contributed by atoms with E-state index in [9.17, 15) is 10.1 Å². The topological polar surface area (TPSA) is 52.9 Å². The lowest BCUT2D eigenvalue weighted by Gasteiger charge is -2.54. The quantitative estimate of drug-likeness (QED) is 0.460. The summed E-state index contributed by atoms with van der Waals surface area (Å²) in [5.41, 5.74) is 1.41. The molecular formula is C17H24N5O2+. The highest BCUT2D eigenvalue weighted by Gasteiger charge is 2.60. The van der Waals surface area contributed by atoms with Crippen LogP contribution in [0.2, 0.25) is 0 Å². The molecule has 0 radical (unpaired) electrons. The zero-order valence-corrected chi connectivity index (χ0v) is 13.9. The second-order valence-corrected chi connectivity index (χ2v) is 7.68. The van der Waals surface area contributed by atoms with Crippen LogP contribution in [-0.2, 0) is 6.54 Å². The molecule has 1 aromatic carbocycles. The van der Waals surface area contributed by atoms with Crippen LogP contribution >= 0.6 is 0 Å². The number of hydrogen-bond donors (Lipinski definition) is 0. The van der Waals surface area contributed by atoms with Crippen LogP contribution in [0.3, 0.4) is 0 Å². The van der Waals surface area contributed by atoms with Crippen molar-refractivity contribution in [2.75, 3.05) is 52.4 Å². The van der Waals surface area contributed by atoms with Crippen molar-refractivity contribution in [3.8, 4) is 0 Å². The summed E-state index contributed by atoms with van der Waals surface area (Å²) in [5, 5.41) is 10.9. The summed E-state index contributed by atoms with van der Waals surface area (Å²) in [6.45, 7) is 10.6. The van der Waals surface area contributed by atoms with Gasteiger partial charge in [0, 0.05) is 50.4 Å². The molecule has 7 heteroatoms. The first-order valence-electron chi connectivity index (χ1n) is 8.98. The van der Waals surface area contributed by atoms with E-state index in [1.807, 2.05) is 12.1 Å². The van der Waals surface area contributed by atoms with Crippen LogP contribution in [0.4, 0.5) is 5.69 Å². The molecule has 5 rings (SSSR count). The van der Waals surface area contributed by atoms with Gasteiger partial charge in [-0.15, -0.1) is 0 Å². The Kier molecular flexibility index (Phi) is 3.22. The monoisotopic (exact) mass is 330 g/mol. The van der Waals surface area contributed by atoms with Gasteiger partial charge in [0.1, 0.15) is 12.7 Å². The molecule has 7 nitrogen and oxygen atoms in total. The Morgan fingerprint density at radius 3 is 2.21 bits per heavy atom. The van der Waals surface area contributed by atoms with Crippen molar-refractivity contribution in [3.63, 3.8) is 0 Å². The third kappa shape index (κ3) is 2.05. The molecule has 0 N–H and O–H groups in total. The summed E-state index contributed by atoms with van der Waals surface area (Å²) in [5.74, 6) is 0. The largest absolute Gasteiger partial charge is 0.300 e. The molecule has 3 unspecified atom stereocenters. The molecule has 4 aliphatic rings. The molecule has 0 amide bonds. The van der Waals surface area contributed by atoms with E-state index in [0.717, 1.165) is 11.0 Å². The fourth-order valence-corrected chi connectivity index (χ4v) is 5.44. The van der Waals surface area contributed by atoms with Crippen molar-refractivity contribution < 1.29 is 9.41 Å². The zero-order valence-electron chi connectivity index (χ0n) is 13.9. The highest BCUT2D eigenvalue weighted by atomic mass is 16.6. The van der Waals surface area contributed by atoms with E-state index >= 15 is 0 Å². The maximum atomic E-state index is 10.9. The van der Waals surface area contributed by atoms with Crippen LogP contribution < -0.4 is 0 Å². The highest BCUT2D eigenvalue weighted by Crippen LogP contribution is 2.40. The predicted octanol–water partition coefficient (Wildman–Crippen LogP) is 0.524. The lowest BCUT2D eigenvalue weighted by molar-refractivity contribution is -0.966. The third-order valence-corrected chi connectivity index (χ3v) is 6.61. The fourth-order valence-electron chi connectivity index (χ4n) is 5.44. The Balaban J connectivity index is 1.45. The SMILES string of the molecule is O=[N+]([O-])c1ccc(C[N+]23CCN4CCN5CCN(CC2)C3C54)cc1. The molecule has 1 aromatic rings. The molecule has 4 fully saturated rings. The number of hydrogen-bond acceptors (Lipinski definition) is 5. The number of nitro groups is 1. The first kappa shape index (κ1) is 14.8. The lowest BCUT2D eigenvalue weighted by Crippen LogP contribution is -2.73. The Bertz CT molecular complexity index is 659.